The first-order valence-electron chi connectivity index (χ1n) is 5.47. The Balaban J connectivity index is 3.35. The first-order chi connectivity index (χ1) is 6.20. The van der Waals surface area contributed by atoms with E-state index in [2.05, 4.69) is 25.8 Å². The van der Waals surface area contributed by atoms with Gasteiger partial charge in [0.05, 0.1) is 6.73 Å². The third kappa shape index (κ3) is 8.26. The van der Waals surface area contributed by atoms with Crippen LogP contribution in [0, 0.1) is 5.92 Å². The molecule has 0 aliphatic carbocycles. The van der Waals surface area contributed by atoms with Gasteiger partial charge in [-0.25, -0.2) is 0 Å². The van der Waals surface area contributed by atoms with E-state index in [1.54, 1.807) is 0 Å². The highest BCUT2D eigenvalue weighted by atomic mass is 16.5. The van der Waals surface area contributed by atoms with E-state index >= 15 is 0 Å². The largest absolute Gasteiger partial charge is 0.366 e. The van der Waals surface area contributed by atoms with Gasteiger partial charge in [-0.3, -0.25) is 4.90 Å². The lowest BCUT2D eigenvalue weighted by atomic mass is 10.0. The summed E-state index contributed by atoms with van der Waals surface area (Å²) < 4.78 is 5.33. The Kier molecular flexibility index (Phi) is 8.46. The fourth-order valence-electron chi connectivity index (χ4n) is 1.48. The SMILES string of the molecule is CCCCC(C)CN(C)COCC. The van der Waals surface area contributed by atoms with Crippen molar-refractivity contribution in [1.82, 2.24) is 4.90 Å². The fourth-order valence-corrected chi connectivity index (χ4v) is 1.48. The van der Waals surface area contributed by atoms with E-state index in [0.29, 0.717) is 0 Å². The van der Waals surface area contributed by atoms with Crippen LogP contribution in [0.5, 0.6) is 0 Å². The maximum absolute atomic E-state index is 5.33. The summed E-state index contributed by atoms with van der Waals surface area (Å²) >= 11 is 0. The highest BCUT2D eigenvalue weighted by molar-refractivity contribution is 4.56. The summed E-state index contributed by atoms with van der Waals surface area (Å²) in [6.07, 6.45) is 4.00. The van der Waals surface area contributed by atoms with E-state index in [1.807, 2.05) is 6.92 Å². The van der Waals surface area contributed by atoms with Gasteiger partial charge >= 0.3 is 0 Å². The minimum absolute atomic E-state index is 0.771. The van der Waals surface area contributed by atoms with E-state index < -0.39 is 0 Å². The van der Waals surface area contributed by atoms with Crippen LogP contribution in [0.2, 0.25) is 0 Å². The molecule has 2 nitrogen and oxygen atoms in total. The molecule has 0 N–H and O–H groups in total. The number of hydrogen-bond donors (Lipinski definition) is 0. The zero-order valence-corrected chi connectivity index (χ0v) is 9.68. The molecule has 0 aliphatic heterocycles. The molecule has 0 aromatic heterocycles. The second kappa shape index (κ2) is 8.52. The average Bonchev–Trinajstić information content (AvgIpc) is 2.11. The maximum atomic E-state index is 5.33. The second-order valence-corrected chi connectivity index (χ2v) is 3.91. The van der Waals surface area contributed by atoms with E-state index in [1.165, 1.54) is 19.3 Å². The van der Waals surface area contributed by atoms with Crippen LogP contribution in [0.25, 0.3) is 0 Å². The quantitative estimate of drug-likeness (QED) is 0.542. The standard InChI is InChI=1S/C11H25NO/c1-5-7-8-11(3)9-12(4)10-13-6-2/h11H,5-10H2,1-4H3. The van der Waals surface area contributed by atoms with Crippen molar-refractivity contribution in [2.24, 2.45) is 5.92 Å². The Hall–Kier alpha value is -0.0800. The summed E-state index contributed by atoms with van der Waals surface area (Å²) in [7, 11) is 2.12. The minimum Gasteiger partial charge on any atom is -0.366 e. The summed E-state index contributed by atoms with van der Waals surface area (Å²) in [5.41, 5.74) is 0. The third-order valence-electron chi connectivity index (χ3n) is 2.19. The Morgan fingerprint density at radius 1 is 1.31 bits per heavy atom. The van der Waals surface area contributed by atoms with Crippen molar-refractivity contribution < 1.29 is 4.74 Å². The zero-order chi connectivity index (χ0) is 10.1. The first kappa shape index (κ1) is 12.9. The first-order valence-corrected chi connectivity index (χ1v) is 5.47. The molecule has 0 saturated carbocycles. The van der Waals surface area contributed by atoms with Gasteiger partial charge in [-0.15, -0.1) is 0 Å². The molecule has 0 aromatic carbocycles. The molecular weight excluding hydrogens is 162 g/mol. The lowest BCUT2D eigenvalue weighted by molar-refractivity contribution is 0.0430. The highest BCUT2D eigenvalue weighted by Crippen LogP contribution is 2.08. The van der Waals surface area contributed by atoms with Crippen molar-refractivity contribution in [3.63, 3.8) is 0 Å². The van der Waals surface area contributed by atoms with E-state index in [4.69, 9.17) is 4.74 Å². The third-order valence-corrected chi connectivity index (χ3v) is 2.19. The number of rotatable bonds is 8. The molecule has 1 unspecified atom stereocenters. The molecule has 0 aliphatic rings. The summed E-state index contributed by atoms with van der Waals surface area (Å²) in [6, 6.07) is 0. The van der Waals surface area contributed by atoms with Crippen LogP contribution in [0.3, 0.4) is 0 Å². The molecule has 80 valence electrons. The fraction of sp³-hybridized carbons (Fsp3) is 1.00. The second-order valence-electron chi connectivity index (χ2n) is 3.91. The molecule has 0 fully saturated rings. The van der Waals surface area contributed by atoms with Crippen LogP contribution in [0.15, 0.2) is 0 Å². The molecule has 0 radical (unpaired) electrons. The van der Waals surface area contributed by atoms with Crippen molar-refractivity contribution >= 4 is 0 Å². The molecule has 0 saturated heterocycles. The minimum atomic E-state index is 0.771. The number of unbranched alkanes of at least 4 members (excludes halogenated alkanes) is 1. The number of hydrogen-bond acceptors (Lipinski definition) is 2. The zero-order valence-electron chi connectivity index (χ0n) is 9.68. The average molecular weight is 187 g/mol. The highest BCUT2D eigenvalue weighted by Gasteiger charge is 2.05. The van der Waals surface area contributed by atoms with Crippen LogP contribution < -0.4 is 0 Å². The van der Waals surface area contributed by atoms with Gasteiger partial charge in [-0.1, -0.05) is 26.7 Å². The van der Waals surface area contributed by atoms with Crippen molar-refractivity contribution in [3.8, 4) is 0 Å². The molecule has 0 bridgehead atoms. The molecule has 0 amide bonds. The van der Waals surface area contributed by atoms with Gasteiger partial charge in [0, 0.05) is 13.2 Å². The van der Waals surface area contributed by atoms with E-state index in [9.17, 15) is 0 Å². The van der Waals surface area contributed by atoms with Crippen molar-refractivity contribution in [3.05, 3.63) is 0 Å². The van der Waals surface area contributed by atoms with E-state index in [0.717, 1.165) is 25.8 Å². The Bertz CT molecular complexity index is 94.3. The monoisotopic (exact) mass is 187 g/mol. The van der Waals surface area contributed by atoms with Crippen molar-refractivity contribution in [2.45, 2.75) is 40.0 Å². The van der Waals surface area contributed by atoms with Crippen LogP contribution in [0.1, 0.15) is 40.0 Å². The van der Waals surface area contributed by atoms with Crippen LogP contribution in [-0.2, 0) is 4.74 Å². The normalized spacial score (nSPS) is 13.6. The lowest BCUT2D eigenvalue weighted by Crippen LogP contribution is -2.27. The van der Waals surface area contributed by atoms with Gasteiger partial charge in [0.15, 0.2) is 0 Å². The Morgan fingerprint density at radius 3 is 2.54 bits per heavy atom. The van der Waals surface area contributed by atoms with E-state index in [-0.39, 0.29) is 0 Å². The molecule has 0 rings (SSSR count). The smallest absolute Gasteiger partial charge is 0.0987 e. The summed E-state index contributed by atoms with van der Waals surface area (Å²) in [6.45, 7) is 9.34. The molecule has 0 heterocycles. The predicted octanol–water partition coefficient (Wildman–Crippen LogP) is 2.74. The lowest BCUT2D eigenvalue weighted by Gasteiger charge is -2.20. The van der Waals surface area contributed by atoms with Crippen LogP contribution in [-0.4, -0.2) is 31.8 Å². The number of ether oxygens (including phenoxy) is 1. The van der Waals surface area contributed by atoms with Gasteiger partial charge in [-0.05, 0) is 26.3 Å². The molecule has 1 atom stereocenters. The Morgan fingerprint density at radius 2 is 2.00 bits per heavy atom. The van der Waals surface area contributed by atoms with Crippen molar-refractivity contribution in [2.75, 3.05) is 26.9 Å². The van der Waals surface area contributed by atoms with Crippen LogP contribution >= 0.6 is 0 Å². The molecule has 13 heavy (non-hydrogen) atoms. The molecular formula is C11H25NO. The Labute approximate surface area is 83.3 Å². The summed E-state index contributed by atoms with van der Waals surface area (Å²) in [5.74, 6) is 0.797. The van der Waals surface area contributed by atoms with Gasteiger partial charge in [-0.2, -0.15) is 0 Å². The summed E-state index contributed by atoms with van der Waals surface area (Å²) in [5, 5.41) is 0. The van der Waals surface area contributed by atoms with Gasteiger partial charge in [0.25, 0.3) is 0 Å². The predicted molar refractivity (Wildman–Crippen MR) is 57.8 cm³/mol. The molecule has 2 heteroatoms. The van der Waals surface area contributed by atoms with Gasteiger partial charge in [0.1, 0.15) is 0 Å². The topological polar surface area (TPSA) is 12.5 Å². The number of nitrogens with zero attached hydrogens (tertiary/aromatic N) is 1. The summed E-state index contributed by atoms with van der Waals surface area (Å²) in [4.78, 5) is 2.25. The maximum Gasteiger partial charge on any atom is 0.0987 e. The van der Waals surface area contributed by atoms with Crippen molar-refractivity contribution in [1.29, 1.82) is 0 Å². The molecule has 0 spiro atoms. The molecule has 0 aromatic rings. The van der Waals surface area contributed by atoms with Crippen LogP contribution in [0.4, 0.5) is 0 Å². The van der Waals surface area contributed by atoms with Gasteiger partial charge in [0.2, 0.25) is 0 Å². The van der Waals surface area contributed by atoms with Gasteiger partial charge < -0.3 is 4.74 Å².